The lowest BCUT2D eigenvalue weighted by atomic mass is 9.87. The van der Waals surface area contributed by atoms with Gasteiger partial charge in [0.25, 0.3) is 0 Å². The third-order valence-electron chi connectivity index (χ3n) is 11.7. The molecule has 6 N–H and O–H groups in total. The molecule has 56 heavy (non-hydrogen) atoms. The Morgan fingerprint density at radius 2 is 1.11 bits per heavy atom. The second-order valence-electron chi connectivity index (χ2n) is 16.6. The predicted molar refractivity (Wildman–Crippen MR) is 217 cm³/mol. The number of hydrogen-bond donors (Lipinski definition) is 6. The lowest BCUT2D eigenvalue weighted by Crippen LogP contribution is -2.25. The highest BCUT2D eigenvalue weighted by molar-refractivity contribution is 5.84. The van der Waals surface area contributed by atoms with E-state index in [1.165, 1.54) is 0 Å². The number of unbranched alkanes of at least 4 members (excludes halogenated alkanes) is 12. The molecule has 0 spiro atoms. The molecule has 324 valence electrons. The Balaban J connectivity index is 1.47. The van der Waals surface area contributed by atoms with Crippen molar-refractivity contribution in [2.24, 2.45) is 23.7 Å². The zero-order valence-electron chi connectivity index (χ0n) is 34.7. The maximum absolute atomic E-state index is 12.5. The summed E-state index contributed by atoms with van der Waals surface area (Å²) in [6.45, 7) is 3.77. The number of aliphatic hydroxyl groups is 6. The predicted octanol–water partition coefficient (Wildman–Crippen LogP) is 6.81. The normalized spacial score (nSPS) is 25.6. The van der Waals surface area contributed by atoms with Gasteiger partial charge in [-0.15, -0.1) is 0 Å². The Kier molecular flexibility index (Phi) is 26.8. The van der Waals surface area contributed by atoms with Crippen molar-refractivity contribution in [2.75, 3.05) is 13.2 Å². The topological polar surface area (TPSA) is 191 Å². The summed E-state index contributed by atoms with van der Waals surface area (Å²) in [6, 6.07) is 0. The third kappa shape index (κ3) is 21.0. The van der Waals surface area contributed by atoms with Gasteiger partial charge in [-0.3, -0.25) is 14.4 Å². The third-order valence-corrected chi connectivity index (χ3v) is 11.7. The van der Waals surface area contributed by atoms with Crippen LogP contribution in [0, 0.1) is 23.7 Å². The van der Waals surface area contributed by atoms with E-state index in [4.69, 9.17) is 9.47 Å². The standard InChI is InChI=1S/C45H78O11/c1-3-5-13-19-33(46)25-27-38-36(40(49)29-42(38)51)21-15-9-7-11-17-23-44(53)55-31-35(48)32-56-45(54)24-18-12-8-10-16-22-37-39(43(52)30-41(37)50)28-26-34(47)20-14-6-4-2/h25-28,33-40,42-43,46-49,51-52H,3-24,29-32H2,1-2H3/b27-25+,28-26+/t33?,34?,35?,36-,37-,38?,39?,40?,42?,43?/m1/s1. The summed E-state index contributed by atoms with van der Waals surface area (Å²) in [5.41, 5.74) is 0. The molecule has 2 rings (SSSR count). The fraction of sp³-hybridized carbons (Fsp3) is 0.844. The van der Waals surface area contributed by atoms with Gasteiger partial charge in [0.15, 0.2) is 0 Å². The first kappa shape index (κ1) is 50.0. The van der Waals surface area contributed by atoms with Crippen LogP contribution >= 0.6 is 0 Å². The van der Waals surface area contributed by atoms with Crippen LogP contribution in [0.2, 0.25) is 0 Å². The molecule has 11 heteroatoms. The molecule has 0 aliphatic heterocycles. The molecule has 0 aromatic heterocycles. The second-order valence-corrected chi connectivity index (χ2v) is 16.6. The highest BCUT2D eigenvalue weighted by Gasteiger charge is 2.40. The number of rotatable bonds is 32. The van der Waals surface area contributed by atoms with Crippen molar-refractivity contribution < 1.29 is 54.5 Å². The van der Waals surface area contributed by atoms with Crippen molar-refractivity contribution in [2.45, 2.75) is 205 Å². The van der Waals surface area contributed by atoms with Crippen LogP contribution in [0.1, 0.15) is 168 Å². The monoisotopic (exact) mass is 795 g/mol. The van der Waals surface area contributed by atoms with E-state index in [-0.39, 0.29) is 61.9 Å². The van der Waals surface area contributed by atoms with Crippen molar-refractivity contribution in [1.82, 2.24) is 0 Å². The maximum Gasteiger partial charge on any atom is 0.305 e. The second kappa shape index (κ2) is 30.0. The quantitative estimate of drug-likeness (QED) is 0.0238. The largest absolute Gasteiger partial charge is 0.463 e. The van der Waals surface area contributed by atoms with Crippen molar-refractivity contribution >= 4 is 17.7 Å². The van der Waals surface area contributed by atoms with E-state index >= 15 is 0 Å². The first-order chi connectivity index (χ1) is 27.0. The van der Waals surface area contributed by atoms with Gasteiger partial charge in [-0.05, 0) is 44.4 Å². The molecular weight excluding hydrogens is 716 g/mol. The highest BCUT2D eigenvalue weighted by atomic mass is 16.6. The Bertz CT molecular complexity index is 1130. The van der Waals surface area contributed by atoms with E-state index in [9.17, 15) is 45.0 Å². The Morgan fingerprint density at radius 3 is 1.64 bits per heavy atom. The lowest BCUT2D eigenvalue weighted by Gasteiger charge is -2.21. The number of carbonyl (C=O) groups is 3. The molecule has 0 heterocycles. The van der Waals surface area contributed by atoms with Gasteiger partial charge in [0.2, 0.25) is 0 Å². The van der Waals surface area contributed by atoms with Crippen LogP contribution in [0.4, 0.5) is 0 Å². The number of aliphatic hydroxyl groups excluding tert-OH is 6. The van der Waals surface area contributed by atoms with E-state index < -0.39 is 48.6 Å². The minimum Gasteiger partial charge on any atom is -0.463 e. The number of ether oxygens (including phenoxy) is 2. The Morgan fingerprint density at radius 1 is 0.625 bits per heavy atom. The number of ketones is 1. The number of esters is 2. The molecule has 2 aliphatic carbocycles. The van der Waals surface area contributed by atoms with Gasteiger partial charge < -0.3 is 40.1 Å². The Hall–Kier alpha value is -2.15. The number of Topliss-reactive ketones (excluding diaryl/α,β-unsaturated/α-hetero) is 1. The van der Waals surface area contributed by atoms with Gasteiger partial charge in [0.1, 0.15) is 25.1 Å². The molecule has 2 fully saturated rings. The molecule has 2 saturated carbocycles. The minimum atomic E-state index is -1.09. The summed E-state index contributed by atoms with van der Waals surface area (Å²) in [5, 5.41) is 61.9. The average molecular weight is 795 g/mol. The zero-order valence-corrected chi connectivity index (χ0v) is 34.7. The molecule has 0 aromatic rings. The first-order valence-electron chi connectivity index (χ1n) is 22.3. The smallest absolute Gasteiger partial charge is 0.305 e. The van der Waals surface area contributed by atoms with Crippen LogP contribution < -0.4 is 0 Å². The fourth-order valence-corrected chi connectivity index (χ4v) is 8.20. The summed E-state index contributed by atoms with van der Waals surface area (Å²) in [5.74, 6) is -1.36. The molecule has 0 saturated heterocycles. The molecule has 0 amide bonds. The van der Waals surface area contributed by atoms with Crippen LogP contribution in [-0.4, -0.2) is 98.2 Å². The zero-order chi connectivity index (χ0) is 41.1. The SMILES string of the molecule is CCCCCC(O)/C=C/C1C(O)CC(O)[C@@H]1CCCCCCCC(=O)OCC(O)COC(=O)CCCCCCC[C@H]1C(=O)CC(O)C1/C=C/C(O)CCCCC. The number of hydrogen-bond acceptors (Lipinski definition) is 11. The molecule has 11 nitrogen and oxygen atoms in total. The van der Waals surface area contributed by atoms with Crippen molar-refractivity contribution in [3.63, 3.8) is 0 Å². The lowest BCUT2D eigenvalue weighted by molar-refractivity contribution is -0.152. The van der Waals surface area contributed by atoms with E-state index in [0.29, 0.717) is 38.5 Å². The molecule has 8 unspecified atom stereocenters. The molecule has 10 atom stereocenters. The van der Waals surface area contributed by atoms with Crippen molar-refractivity contribution in [1.29, 1.82) is 0 Å². The summed E-state index contributed by atoms with van der Waals surface area (Å²) in [7, 11) is 0. The Labute approximate surface area is 337 Å². The fourth-order valence-electron chi connectivity index (χ4n) is 8.20. The van der Waals surface area contributed by atoms with Crippen molar-refractivity contribution in [3.05, 3.63) is 24.3 Å². The van der Waals surface area contributed by atoms with Gasteiger partial charge in [-0.2, -0.15) is 0 Å². The molecule has 0 aromatic carbocycles. The van der Waals surface area contributed by atoms with Gasteiger partial charge in [0, 0.05) is 43.4 Å². The molecular formula is C45H78O11. The molecule has 2 aliphatic rings. The van der Waals surface area contributed by atoms with E-state index in [2.05, 4.69) is 13.8 Å². The molecule has 0 radical (unpaired) electrons. The minimum absolute atomic E-state index is 0.0247. The van der Waals surface area contributed by atoms with Crippen LogP contribution in [0.25, 0.3) is 0 Å². The van der Waals surface area contributed by atoms with Crippen LogP contribution in [-0.2, 0) is 23.9 Å². The van der Waals surface area contributed by atoms with Gasteiger partial charge >= 0.3 is 11.9 Å². The summed E-state index contributed by atoms with van der Waals surface area (Å²) < 4.78 is 10.3. The van der Waals surface area contributed by atoms with Gasteiger partial charge in [0.05, 0.1) is 30.5 Å². The summed E-state index contributed by atoms with van der Waals surface area (Å²) in [4.78, 5) is 36.8. The van der Waals surface area contributed by atoms with Crippen LogP contribution in [0.3, 0.4) is 0 Å². The van der Waals surface area contributed by atoms with Crippen LogP contribution in [0.15, 0.2) is 24.3 Å². The van der Waals surface area contributed by atoms with Gasteiger partial charge in [-0.25, -0.2) is 0 Å². The van der Waals surface area contributed by atoms with Gasteiger partial charge in [-0.1, -0.05) is 128 Å². The van der Waals surface area contributed by atoms with Crippen LogP contribution in [0.5, 0.6) is 0 Å². The van der Waals surface area contributed by atoms with E-state index in [1.54, 1.807) is 12.2 Å². The highest BCUT2D eigenvalue weighted by Crippen LogP contribution is 2.37. The number of carbonyl (C=O) groups excluding carboxylic acids is 3. The average Bonchev–Trinajstić information content (AvgIpc) is 3.60. The maximum atomic E-state index is 12.5. The molecule has 0 bridgehead atoms. The van der Waals surface area contributed by atoms with E-state index in [0.717, 1.165) is 96.3 Å². The van der Waals surface area contributed by atoms with E-state index in [1.807, 2.05) is 12.2 Å². The summed E-state index contributed by atoms with van der Waals surface area (Å²) >= 11 is 0. The first-order valence-corrected chi connectivity index (χ1v) is 22.3. The van der Waals surface area contributed by atoms with Crippen molar-refractivity contribution in [3.8, 4) is 0 Å². The summed E-state index contributed by atoms with van der Waals surface area (Å²) in [6.07, 6.45) is 21.9.